The van der Waals surface area contributed by atoms with Crippen LogP contribution in [0.2, 0.25) is 0 Å². The summed E-state index contributed by atoms with van der Waals surface area (Å²) in [5, 5.41) is 12.8. The van der Waals surface area contributed by atoms with Crippen LogP contribution in [0.3, 0.4) is 0 Å². The van der Waals surface area contributed by atoms with E-state index in [1.54, 1.807) is 0 Å². The molecule has 1 rings (SSSR count). The van der Waals surface area contributed by atoms with Crippen LogP contribution < -0.4 is 5.32 Å². The summed E-state index contributed by atoms with van der Waals surface area (Å²) in [5.74, 6) is -0.437. The second-order valence-electron chi connectivity index (χ2n) is 2.59. The summed E-state index contributed by atoms with van der Waals surface area (Å²) in [6.07, 6.45) is 1.97. The van der Waals surface area contributed by atoms with E-state index < -0.39 is 16.9 Å². The van der Waals surface area contributed by atoms with Crippen molar-refractivity contribution in [2.75, 3.05) is 6.54 Å². The van der Waals surface area contributed by atoms with Gasteiger partial charge in [0.1, 0.15) is 0 Å². The molecule has 5 nitrogen and oxygen atoms in total. The predicted octanol–water partition coefficient (Wildman–Crippen LogP) is -0.0682. The minimum atomic E-state index is -1.02. The first kappa shape index (κ1) is 7.97. The highest BCUT2D eigenvalue weighted by molar-refractivity contribution is 5.80. The Labute approximate surface area is 63.9 Å². The van der Waals surface area contributed by atoms with Crippen LogP contribution in [0.15, 0.2) is 0 Å². The van der Waals surface area contributed by atoms with Crippen LogP contribution in [-0.4, -0.2) is 23.4 Å². The molecule has 1 saturated heterocycles. The van der Waals surface area contributed by atoms with Crippen LogP contribution in [0.25, 0.3) is 0 Å². The quantitative estimate of drug-likeness (QED) is 0.429. The Kier molecular flexibility index (Phi) is 2.40. The molecule has 11 heavy (non-hydrogen) atoms. The van der Waals surface area contributed by atoms with Crippen molar-refractivity contribution in [2.45, 2.75) is 25.3 Å². The lowest BCUT2D eigenvalue weighted by Gasteiger charge is -2.02. The summed E-state index contributed by atoms with van der Waals surface area (Å²) in [4.78, 5) is 20.7. The molecular formula is C6H10N2O3. The maximum absolute atomic E-state index is 10.9. The Morgan fingerprint density at radius 2 is 2.27 bits per heavy atom. The molecule has 5 heteroatoms. The molecule has 1 amide bonds. The summed E-state index contributed by atoms with van der Waals surface area (Å²) < 4.78 is 0. The van der Waals surface area contributed by atoms with Gasteiger partial charge in [0.05, 0.1) is 0 Å². The SMILES string of the molecule is O=C1NCCCCC1[N+](=O)[O-]. The fraction of sp³-hybridized carbons (Fsp3) is 0.833. The van der Waals surface area contributed by atoms with E-state index in [2.05, 4.69) is 5.32 Å². The zero-order valence-electron chi connectivity index (χ0n) is 6.08. The monoisotopic (exact) mass is 158 g/mol. The van der Waals surface area contributed by atoms with E-state index in [0.717, 1.165) is 12.8 Å². The first-order chi connectivity index (χ1) is 5.22. The highest BCUT2D eigenvalue weighted by Gasteiger charge is 2.30. The van der Waals surface area contributed by atoms with Gasteiger partial charge >= 0.3 is 0 Å². The van der Waals surface area contributed by atoms with E-state index in [4.69, 9.17) is 0 Å². The fourth-order valence-corrected chi connectivity index (χ4v) is 1.12. The molecule has 1 N–H and O–H groups in total. The third kappa shape index (κ3) is 1.89. The maximum atomic E-state index is 10.9. The molecular weight excluding hydrogens is 148 g/mol. The Morgan fingerprint density at radius 3 is 2.91 bits per heavy atom. The van der Waals surface area contributed by atoms with Gasteiger partial charge in [-0.25, -0.2) is 0 Å². The van der Waals surface area contributed by atoms with Gasteiger partial charge in [-0.2, -0.15) is 0 Å². The Hall–Kier alpha value is -1.13. The molecule has 0 saturated carbocycles. The van der Waals surface area contributed by atoms with E-state index in [1.807, 2.05) is 0 Å². The molecule has 0 aromatic rings. The maximum Gasteiger partial charge on any atom is 0.294 e. The normalized spacial score (nSPS) is 25.5. The van der Waals surface area contributed by atoms with E-state index >= 15 is 0 Å². The lowest BCUT2D eigenvalue weighted by molar-refractivity contribution is -0.508. The molecule has 1 unspecified atom stereocenters. The van der Waals surface area contributed by atoms with Gasteiger partial charge in [0, 0.05) is 17.9 Å². The van der Waals surface area contributed by atoms with E-state index in [0.29, 0.717) is 13.0 Å². The third-order valence-electron chi connectivity index (χ3n) is 1.76. The number of hydrogen-bond acceptors (Lipinski definition) is 3. The summed E-state index contributed by atoms with van der Waals surface area (Å²) >= 11 is 0. The molecule has 0 aromatic carbocycles. The highest BCUT2D eigenvalue weighted by atomic mass is 16.6. The second kappa shape index (κ2) is 3.32. The molecule has 0 aromatic heterocycles. The smallest absolute Gasteiger partial charge is 0.294 e. The third-order valence-corrected chi connectivity index (χ3v) is 1.76. The molecule has 0 radical (unpaired) electrons. The largest absolute Gasteiger partial charge is 0.350 e. The van der Waals surface area contributed by atoms with Crippen molar-refractivity contribution in [2.24, 2.45) is 0 Å². The number of hydrogen-bond donors (Lipinski definition) is 1. The van der Waals surface area contributed by atoms with Gasteiger partial charge in [-0.3, -0.25) is 14.9 Å². The van der Waals surface area contributed by atoms with Crippen LogP contribution in [-0.2, 0) is 4.79 Å². The molecule has 0 aliphatic carbocycles. The van der Waals surface area contributed by atoms with Crippen molar-refractivity contribution in [3.63, 3.8) is 0 Å². The average molecular weight is 158 g/mol. The summed E-state index contributed by atoms with van der Waals surface area (Å²) in [6.45, 7) is 0.573. The van der Waals surface area contributed by atoms with Gasteiger partial charge in [0.25, 0.3) is 11.9 Å². The van der Waals surface area contributed by atoms with Crippen LogP contribution in [0.5, 0.6) is 0 Å². The predicted molar refractivity (Wildman–Crippen MR) is 37.6 cm³/mol. The van der Waals surface area contributed by atoms with Crippen molar-refractivity contribution in [1.29, 1.82) is 0 Å². The summed E-state index contributed by atoms with van der Waals surface area (Å²) in [6, 6.07) is -1.02. The zero-order chi connectivity index (χ0) is 8.27. The minimum absolute atomic E-state index is 0.374. The highest BCUT2D eigenvalue weighted by Crippen LogP contribution is 2.07. The van der Waals surface area contributed by atoms with Crippen LogP contribution >= 0.6 is 0 Å². The fourth-order valence-electron chi connectivity index (χ4n) is 1.12. The standard InChI is InChI=1S/C6H10N2O3/c9-6-5(8(10)11)3-1-2-4-7-6/h5H,1-4H2,(H,7,9). The van der Waals surface area contributed by atoms with Gasteiger partial charge in [0.15, 0.2) is 0 Å². The molecule has 1 aliphatic heterocycles. The molecule has 0 spiro atoms. The van der Waals surface area contributed by atoms with Crippen LogP contribution in [0.4, 0.5) is 0 Å². The van der Waals surface area contributed by atoms with Crippen molar-refractivity contribution >= 4 is 5.91 Å². The van der Waals surface area contributed by atoms with Crippen molar-refractivity contribution in [3.8, 4) is 0 Å². The lowest BCUT2D eigenvalue weighted by atomic mass is 10.1. The number of carbonyl (C=O) groups excluding carboxylic acids is 1. The summed E-state index contributed by atoms with van der Waals surface area (Å²) in [5.41, 5.74) is 0. The van der Waals surface area contributed by atoms with E-state index in [9.17, 15) is 14.9 Å². The van der Waals surface area contributed by atoms with Gasteiger partial charge in [-0.15, -0.1) is 0 Å². The topological polar surface area (TPSA) is 72.2 Å². The Balaban J connectivity index is 2.59. The molecule has 62 valence electrons. The first-order valence-electron chi connectivity index (χ1n) is 3.63. The van der Waals surface area contributed by atoms with Gasteiger partial charge in [-0.05, 0) is 12.8 Å². The molecule has 1 aliphatic rings. The number of nitrogens with zero attached hydrogens (tertiary/aromatic N) is 1. The molecule has 1 atom stereocenters. The Bertz CT molecular complexity index is 181. The Morgan fingerprint density at radius 1 is 1.55 bits per heavy atom. The lowest BCUT2D eigenvalue weighted by Crippen LogP contribution is -2.37. The molecule has 1 fully saturated rings. The number of carbonyl (C=O) groups is 1. The van der Waals surface area contributed by atoms with Crippen LogP contribution in [0.1, 0.15) is 19.3 Å². The van der Waals surface area contributed by atoms with Crippen molar-refractivity contribution in [3.05, 3.63) is 10.1 Å². The molecule has 0 bridgehead atoms. The second-order valence-corrected chi connectivity index (χ2v) is 2.59. The van der Waals surface area contributed by atoms with Gasteiger partial charge in [0.2, 0.25) is 0 Å². The first-order valence-corrected chi connectivity index (χ1v) is 3.63. The van der Waals surface area contributed by atoms with E-state index in [-0.39, 0.29) is 0 Å². The number of nitrogens with one attached hydrogen (secondary N) is 1. The minimum Gasteiger partial charge on any atom is -0.350 e. The molecule has 1 heterocycles. The summed E-state index contributed by atoms with van der Waals surface area (Å²) in [7, 11) is 0. The van der Waals surface area contributed by atoms with Gasteiger partial charge < -0.3 is 5.32 Å². The van der Waals surface area contributed by atoms with E-state index in [1.165, 1.54) is 0 Å². The number of nitro groups is 1. The average Bonchev–Trinajstić information content (AvgIpc) is 2.13. The zero-order valence-corrected chi connectivity index (χ0v) is 6.08. The van der Waals surface area contributed by atoms with Crippen molar-refractivity contribution in [1.82, 2.24) is 5.32 Å². The number of amides is 1. The van der Waals surface area contributed by atoms with Crippen molar-refractivity contribution < 1.29 is 9.72 Å². The van der Waals surface area contributed by atoms with Gasteiger partial charge in [-0.1, -0.05) is 0 Å². The number of rotatable bonds is 1. The van der Waals surface area contributed by atoms with Crippen LogP contribution in [0, 0.1) is 10.1 Å².